The van der Waals surface area contributed by atoms with E-state index in [1.807, 2.05) is 30.3 Å². The minimum atomic E-state index is -1.32. The molecule has 21 heavy (non-hydrogen) atoms. The summed E-state index contributed by atoms with van der Waals surface area (Å²) < 4.78 is 0. The van der Waals surface area contributed by atoms with Crippen LogP contribution in [0.4, 0.5) is 0 Å². The topological polar surface area (TPSA) is 77.8 Å². The predicted molar refractivity (Wildman–Crippen MR) is 81.6 cm³/mol. The zero-order valence-electron chi connectivity index (χ0n) is 12.3. The number of amides is 1. The minimum absolute atomic E-state index is 0.146. The van der Waals surface area contributed by atoms with Crippen LogP contribution in [0.25, 0.3) is 0 Å². The van der Waals surface area contributed by atoms with Gasteiger partial charge in [-0.05, 0) is 24.7 Å². The average Bonchev–Trinajstić information content (AvgIpc) is 2.46. The average molecular weight is 291 g/mol. The molecule has 0 fully saturated rings. The third-order valence-corrected chi connectivity index (χ3v) is 3.36. The second kappa shape index (κ2) is 9.31. The van der Waals surface area contributed by atoms with Gasteiger partial charge in [0.15, 0.2) is 0 Å². The summed E-state index contributed by atoms with van der Waals surface area (Å²) in [6.07, 6.45) is 2.80. The van der Waals surface area contributed by atoms with E-state index >= 15 is 0 Å². The molecular weight excluding hydrogens is 269 g/mol. The van der Waals surface area contributed by atoms with Crippen molar-refractivity contribution in [2.24, 2.45) is 0 Å². The van der Waals surface area contributed by atoms with Crippen molar-refractivity contribution in [2.75, 3.05) is 6.54 Å². The van der Waals surface area contributed by atoms with Gasteiger partial charge in [0.2, 0.25) is 5.91 Å². The first-order chi connectivity index (χ1) is 10.0. The molecular formula is C15H22BNO4. The highest BCUT2D eigenvalue weighted by molar-refractivity contribution is 6.40. The van der Waals surface area contributed by atoms with Gasteiger partial charge < -0.3 is 19.7 Å². The monoisotopic (exact) mass is 291 g/mol. The van der Waals surface area contributed by atoms with Crippen molar-refractivity contribution in [1.82, 2.24) is 4.90 Å². The van der Waals surface area contributed by atoms with E-state index in [-0.39, 0.29) is 12.2 Å². The van der Waals surface area contributed by atoms with E-state index < -0.39 is 13.2 Å². The fourth-order valence-electron chi connectivity index (χ4n) is 2.25. The van der Waals surface area contributed by atoms with Crippen LogP contribution in [0.1, 0.15) is 25.3 Å². The van der Waals surface area contributed by atoms with Gasteiger partial charge in [-0.1, -0.05) is 36.8 Å². The molecule has 0 unspecified atom stereocenters. The number of carbonyl (C=O) groups excluding carboxylic acids is 2. The van der Waals surface area contributed by atoms with Gasteiger partial charge in [-0.3, -0.25) is 4.79 Å². The van der Waals surface area contributed by atoms with Gasteiger partial charge in [0.25, 0.3) is 0 Å². The first-order valence-electron chi connectivity index (χ1n) is 7.17. The Morgan fingerprint density at radius 1 is 1.29 bits per heavy atom. The summed E-state index contributed by atoms with van der Waals surface area (Å²) >= 11 is 0. The van der Waals surface area contributed by atoms with E-state index in [1.165, 1.54) is 6.92 Å². The van der Waals surface area contributed by atoms with Gasteiger partial charge >= 0.3 is 7.12 Å². The lowest BCUT2D eigenvalue weighted by Gasteiger charge is -2.27. The molecule has 6 heteroatoms. The highest BCUT2D eigenvalue weighted by atomic mass is 16.4. The molecule has 0 aliphatic carbocycles. The number of rotatable bonds is 9. The Hall–Kier alpha value is -1.66. The van der Waals surface area contributed by atoms with Crippen LogP contribution in [0.2, 0.25) is 6.32 Å². The lowest BCUT2D eigenvalue weighted by atomic mass is 9.84. The Morgan fingerprint density at radius 3 is 2.48 bits per heavy atom. The van der Waals surface area contributed by atoms with E-state index in [1.54, 1.807) is 4.90 Å². The van der Waals surface area contributed by atoms with Gasteiger partial charge in [-0.2, -0.15) is 0 Å². The van der Waals surface area contributed by atoms with E-state index in [2.05, 4.69) is 0 Å². The number of benzene rings is 1. The quantitative estimate of drug-likeness (QED) is 0.402. The van der Waals surface area contributed by atoms with Crippen LogP contribution in [0.3, 0.4) is 0 Å². The number of unbranched alkanes of at least 4 members (excludes halogenated alkanes) is 1. The minimum Gasteiger partial charge on any atom is -0.427 e. The molecule has 2 N–H and O–H groups in total. The van der Waals surface area contributed by atoms with Crippen LogP contribution in [-0.2, 0) is 16.0 Å². The van der Waals surface area contributed by atoms with Crippen LogP contribution in [0.15, 0.2) is 30.3 Å². The lowest BCUT2D eigenvalue weighted by molar-refractivity contribution is -0.134. The highest BCUT2D eigenvalue weighted by Crippen LogP contribution is 2.10. The molecule has 1 atom stereocenters. The van der Waals surface area contributed by atoms with E-state index in [0.29, 0.717) is 25.8 Å². The molecule has 0 aliphatic heterocycles. The molecule has 0 aromatic heterocycles. The van der Waals surface area contributed by atoms with Crippen molar-refractivity contribution in [1.29, 1.82) is 0 Å². The summed E-state index contributed by atoms with van der Waals surface area (Å²) in [6.45, 7) is 1.89. The number of carbonyl (C=O) groups is 2. The molecule has 1 rings (SSSR count). The highest BCUT2D eigenvalue weighted by Gasteiger charge is 2.20. The number of hydrogen-bond acceptors (Lipinski definition) is 4. The summed E-state index contributed by atoms with van der Waals surface area (Å²) in [6, 6.07) is 9.08. The van der Waals surface area contributed by atoms with Crippen LogP contribution < -0.4 is 0 Å². The van der Waals surface area contributed by atoms with Crippen molar-refractivity contribution < 1.29 is 19.6 Å². The Morgan fingerprint density at radius 2 is 1.95 bits per heavy atom. The molecule has 0 saturated carbocycles. The number of aldehydes is 1. The third kappa shape index (κ3) is 6.55. The van der Waals surface area contributed by atoms with Crippen molar-refractivity contribution in [3.05, 3.63) is 35.9 Å². The molecule has 0 saturated heterocycles. The lowest BCUT2D eigenvalue weighted by Crippen LogP contribution is -2.42. The van der Waals surface area contributed by atoms with Gasteiger partial charge in [0.1, 0.15) is 6.29 Å². The molecule has 1 aromatic rings. The number of nitrogens with zero attached hydrogens (tertiary/aromatic N) is 1. The smallest absolute Gasteiger partial charge is 0.427 e. The molecule has 114 valence electrons. The molecule has 5 nitrogen and oxygen atoms in total. The first kappa shape index (κ1) is 17.4. The van der Waals surface area contributed by atoms with Crippen molar-refractivity contribution in [3.8, 4) is 0 Å². The summed E-state index contributed by atoms with van der Waals surface area (Å²) in [7, 11) is -1.32. The Kier molecular flexibility index (Phi) is 7.71. The summed E-state index contributed by atoms with van der Waals surface area (Å²) in [5.41, 5.74) is 1.01. The fraction of sp³-hybridized carbons (Fsp3) is 0.467. The van der Waals surface area contributed by atoms with E-state index in [9.17, 15) is 9.59 Å². The zero-order valence-corrected chi connectivity index (χ0v) is 12.3. The van der Waals surface area contributed by atoms with Gasteiger partial charge in [-0.15, -0.1) is 0 Å². The van der Waals surface area contributed by atoms with Crippen LogP contribution >= 0.6 is 0 Å². The molecule has 1 aromatic carbocycles. The summed E-state index contributed by atoms with van der Waals surface area (Å²) in [5, 5.41) is 17.6. The normalized spacial score (nSPS) is 11.8. The zero-order chi connectivity index (χ0) is 15.7. The maximum atomic E-state index is 11.7. The van der Waals surface area contributed by atoms with Crippen molar-refractivity contribution in [3.63, 3.8) is 0 Å². The fourth-order valence-corrected chi connectivity index (χ4v) is 2.25. The Bertz CT molecular complexity index is 439. The van der Waals surface area contributed by atoms with E-state index in [0.717, 1.165) is 11.8 Å². The standard InChI is InChI=1S/C15H22BNO4/c1-13(19)17(10-6-5-9-16(20)21)15(12-18)11-14-7-3-2-4-8-14/h2-4,7-8,12,15,20-21H,5-6,9-11H2,1H3/t15-/m1/s1. The van der Waals surface area contributed by atoms with Gasteiger partial charge in [0.05, 0.1) is 6.04 Å². The van der Waals surface area contributed by atoms with Crippen LogP contribution in [0, 0.1) is 0 Å². The molecule has 1 amide bonds. The maximum absolute atomic E-state index is 11.7. The largest absolute Gasteiger partial charge is 0.451 e. The van der Waals surface area contributed by atoms with E-state index in [4.69, 9.17) is 10.0 Å². The molecule has 0 aliphatic rings. The predicted octanol–water partition coefficient (Wildman–Crippen LogP) is 0.898. The molecule has 0 radical (unpaired) electrons. The molecule has 0 bridgehead atoms. The first-order valence-corrected chi connectivity index (χ1v) is 7.17. The Labute approximate surface area is 125 Å². The van der Waals surface area contributed by atoms with Gasteiger partial charge in [0, 0.05) is 13.5 Å². The number of hydrogen-bond donors (Lipinski definition) is 2. The van der Waals surface area contributed by atoms with Crippen LogP contribution in [0.5, 0.6) is 0 Å². The molecule has 0 spiro atoms. The van der Waals surface area contributed by atoms with Crippen molar-refractivity contribution >= 4 is 19.3 Å². The second-order valence-electron chi connectivity index (χ2n) is 5.08. The second-order valence-corrected chi connectivity index (χ2v) is 5.08. The third-order valence-electron chi connectivity index (χ3n) is 3.36. The van der Waals surface area contributed by atoms with Crippen molar-refractivity contribution in [2.45, 2.75) is 38.5 Å². The molecule has 0 heterocycles. The summed E-state index contributed by atoms with van der Waals surface area (Å²) in [4.78, 5) is 24.6. The summed E-state index contributed by atoms with van der Waals surface area (Å²) in [5.74, 6) is -0.146. The van der Waals surface area contributed by atoms with Gasteiger partial charge in [-0.25, -0.2) is 0 Å². The van der Waals surface area contributed by atoms with Crippen LogP contribution in [-0.4, -0.2) is 46.8 Å². The SMILES string of the molecule is CC(=O)N(CCCCB(O)O)[C@@H](C=O)Cc1ccccc1. The maximum Gasteiger partial charge on any atom is 0.451 e. The Balaban J connectivity index is 2.59.